The number of para-hydroxylation sites is 1. The van der Waals surface area contributed by atoms with Gasteiger partial charge in [0.2, 0.25) is 5.91 Å². The molecule has 0 saturated heterocycles. The fourth-order valence-corrected chi connectivity index (χ4v) is 4.81. The van der Waals surface area contributed by atoms with Crippen molar-refractivity contribution in [1.29, 1.82) is 0 Å². The molecule has 1 heterocycles. The van der Waals surface area contributed by atoms with Crippen molar-refractivity contribution >= 4 is 34.1 Å². The van der Waals surface area contributed by atoms with Crippen LogP contribution in [0.2, 0.25) is 5.02 Å². The first-order chi connectivity index (χ1) is 15.8. The number of amides is 1. The summed E-state index contributed by atoms with van der Waals surface area (Å²) in [7, 11) is 2.02. The first-order valence-electron chi connectivity index (χ1n) is 11.5. The van der Waals surface area contributed by atoms with Crippen LogP contribution < -0.4 is 5.32 Å². The highest BCUT2D eigenvalue weighted by atomic mass is 35.5. The highest BCUT2D eigenvalue weighted by Crippen LogP contribution is 2.37. The van der Waals surface area contributed by atoms with Crippen LogP contribution in [0.4, 0.5) is 5.69 Å². The second kappa shape index (κ2) is 9.44. The fourth-order valence-electron chi connectivity index (χ4n) is 4.63. The minimum atomic E-state index is -0.0146. The molecular weight excluding hydrogens is 428 g/mol. The van der Waals surface area contributed by atoms with Gasteiger partial charge in [-0.15, -0.1) is 0 Å². The lowest BCUT2D eigenvalue weighted by Gasteiger charge is -2.20. The van der Waals surface area contributed by atoms with Gasteiger partial charge in [-0.05, 0) is 46.7 Å². The van der Waals surface area contributed by atoms with Crippen molar-refractivity contribution in [2.75, 3.05) is 5.32 Å². The Morgan fingerprint density at radius 2 is 1.55 bits per heavy atom. The van der Waals surface area contributed by atoms with Gasteiger partial charge in [0, 0.05) is 39.9 Å². The van der Waals surface area contributed by atoms with Crippen molar-refractivity contribution in [3.63, 3.8) is 0 Å². The molecule has 0 spiro atoms. The molecular formula is C29H31ClN2O. The van der Waals surface area contributed by atoms with Crippen LogP contribution in [-0.2, 0) is 18.3 Å². The minimum absolute atomic E-state index is 0.0146. The highest BCUT2D eigenvalue weighted by Gasteiger charge is 2.21. The van der Waals surface area contributed by atoms with E-state index in [1.165, 1.54) is 11.1 Å². The summed E-state index contributed by atoms with van der Waals surface area (Å²) in [5.41, 5.74) is 7.47. The number of hydrogen-bond acceptors (Lipinski definition) is 1. The molecule has 33 heavy (non-hydrogen) atoms. The summed E-state index contributed by atoms with van der Waals surface area (Å²) in [6.45, 7) is 8.65. The predicted molar refractivity (Wildman–Crippen MR) is 140 cm³/mol. The normalized spacial score (nSPS) is 11.5. The molecule has 3 nitrogen and oxygen atoms in total. The maximum atomic E-state index is 13.5. The Labute approximate surface area is 201 Å². The van der Waals surface area contributed by atoms with E-state index in [0.717, 1.165) is 33.4 Å². The number of aryl methyl sites for hydroxylation is 1. The van der Waals surface area contributed by atoms with E-state index >= 15 is 0 Å². The van der Waals surface area contributed by atoms with Crippen LogP contribution in [0, 0.1) is 0 Å². The number of fused-ring (bicyclic) bond motifs is 1. The predicted octanol–water partition coefficient (Wildman–Crippen LogP) is 7.93. The van der Waals surface area contributed by atoms with Crippen LogP contribution in [-0.4, -0.2) is 10.5 Å². The molecule has 4 aromatic rings. The molecule has 1 amide bonds. The zero-order chi connectivity index (χ0) is 23.7. The Morgan fingerprint density at radius 3 is 2.15 bits per heavy atom. The average molecular weight is 459 g/mol. The molecule has 0 aliphatic carbocycles. The topological polar surface area (TPSA) is 34.0 Å². The monoisotopic (exact) mass is 458 g/mol. The van der Waals surface area contributed by atoms with Gasteiger partial charge in [0.05, 0.1) is 6.42 Å². The summed E-state index contributed by atoms with van der Waals surface area (Å²) in [6.07, 6.45) is 0.275. The lowest BCUT2D eigenvalue weighted by molar-refractivity contribution is -0.115. The zero-order valence-electron chi connectivity index (χ0n) is 19.9. The van der Waals surface area contributed by atoms with Crippen LogP contribution in [0.5, 0.6) is 0 Å². The molecule has 1 N–H and O–H groups in total. The van der Waals surface area contributed by atoms with Crippen molar-refractivity contribution in [3.05, 3.63) is 88.6 Å². The molecule has 0 bridgehead atoms. The Bertz CT molecular complexity index is 1280. The first kappa shape index (κ1) is 23.1. The van der Waals surface area contributed by atoms with Gasteiger partial charge in [0.15, 0.2) is 0 Å². The lowest BCUT2D eigenvalue weighted by atomic mass is 9.92. The quantitative estimate of drug-likeness (QED) is 0.312. The summed E-state index contributed by atoms with van der Waals surface area (Å²) in [6, 6.07) is 22.4. The maximum absolute atomic E-state index is 13.5. The van der Waals surface area contributed by atoms with Crippen LogP contribution in [0.1, 0.15) is 56.4 Å². The SMILES string of the molecule is CC(C)c1cccc(C(C)C)c1NC(=O)Cc1c(-c2ccccc2)c2cc(Cl)ccc2n1C. The molecule has 0 aliphatic rings. The molecule has 0 unspecified atom stereocenters. The van der Waals surface area contributed by atoms with E-state index in [2.05, 4.69) is 67.9 Å². The third kappa shape index (κ3) is 4.56. The Hall–Kier alpha value is -3.04. The molecule has 170 valence electrons. The van der Waals surface area contributed by atoms with Gasteiger partial charge >= 0.3 is 0 Å². The molecule has 4 rings (SSSR count). The van der Waals surface area contributed by atoms with E-state index in [1.807, 2.05) is 43.4 Å². The van der Waals surface area contributed by atoms with E-state index in [-0.39, 0.29) is 12.3 Å². The number of rotatable bonds is 6. The number of anilines is 1. The molecule has 0 saturated carbocycles. The standard InChI is InChI=1S/C29H31ClN2O/c1-18(2)22-12-9-13-23(19(3)4)29(22)31-27(33)17-26-28(20-10-7-6-8-11-20)24-16-21(30)14-15-25(24)32(26)5/h6-16,18-19H,17H2,1-5H3,(H,31,33). The molecule has 0 fully saturated rings. The summed E-state index contributed by atoms with van der Waals surface area (Å²) < 4.78 is 2.12. The van der Waals surface area contributed by atoms with Crippen LogP contribution in [0.15, 0.2) is 66.7 Å². The number of nitrogens with one attached hydrogen (secondary N) is 1. The Kier molecular flexibility index (Phi) is 6.62. The molecule has 3 aromatic carbocycles. The van der Waals surface area contributed by atoms with Crippen molar-refractivity contribution < 1.29 is 4.79 Å². The molecule has 0 aliphatic heterocycles. The van der Waals surface area contributed by atoms with Gasteiger partial charge in [-0.2, -0.15) is 0 Å². The van der Waals surface area contributed by atoms with Gasteiger partial charge in [-0.25, -0.2) is 0 Å². The number of halogens is 1. The maximum Gasteiger partial charge on any atom is 0.230 e. The van der Waals surface area contributed by atoms with Crippen LogP contribution in [0.3, 0.4) is 0 Å². The van der Waals surface area contributed by atoms with E-state index in [4.69, 9.17) is 11.6 Å². The smallest absolute Gasteiger partial charge is 0.230 e. The summed E-state index contributed by atoms with van der Waals surface area (Å²) in [4.78, 5) is 13.5. The molecule has 4 heteroatoms. The van der Waals surface area contributed by atoms with Gasteiger partial charge in [-0.1, -0.05) is 87.8 Å². The number of hydrogen-bond donors (Lipinski definition) is 1. The van der Waals surface area contributed by atoms with Crippen molar-refractivity contribution in [3.8, 4) is 11.1 Å². The minimum Gasteiger partial charge on any atom is -0.347 e. The number of nitrogens with zero attached hydrogens (tertiary/aromatic N) is 1. The van der Waals surface area contributed by atoms with E-state index in [1.54, 1.807) is 0 Å². The molecule has 1 aromatic heterocycles. The van der Waals surface area contributed by atoms with Crippen LogP contribution in [0.25, 0.3) is 22.0 Å². The lowest BCUT2D eigenvalue weighted by Crippen LogP contribution is -2.19. The zero-order valence-corrected chi connectivity index (χ0v) is 20.7. The largest absolute Gasteiger partial charge is 0.347 e. The summed E-state index contributed by atoms with van der Waals surface area (Å²) >= 11 is 6.36. The third-order valence-electron chi connectivity index (χ3n) is 6.31. The van der Waals surface area contributed by atoms with Gasteiger partial charge < -0.3 is 9.88 Å². The van der Waals surface area contributed by atoms with Crippen molar-refractivity contribution in [1.82, 2.24) is 4.57 Å². The Morgan fingerprint density at radius 1 is 0.909 bits per heavy atom. The highest BCUT2D eigenvalue weighted by molar-refractivity contribution is 6.31. The second-order valence-electron chi connectivity index (χ2n) is 9.25. The first-order valence-corrected chi connectivity index (χ1v) is 11.9. The Balaban J connectivity index is 1.78. The van der Waals surface area contributed by atoms with Crippen molar-refractivity contribution in [2.45, 2.75) is 46.0 Å². The number of benzene rings is 3. The third-order valence-corrected chi connectivity index (χ3v) is 6.55. The van der Waals surface area contributed by atoms with Crippen molar-refractivity contribution in [2.24, 2.45) is 7.05 Å². The van der Waals surface area contributed by atoms with E-state index in [0.29, 0.717) is 16.9 Å². The fraction of sp³-hybridized carbons (Fsp3) is 0.276. The second-order valence-corrected chi connectivity index (χ2v) is 9.69. The van der Waals surface area contributed by atoms with E-state index in [9.17, 15) is 4.79 Å². The van der Waals surface area contributed by atoms with Gasteiger partial charge in [0.25, 0.3) is 0 Å². The number of carbonyl (C=O) groups excluding carboxylic acids is 1. The number of carbonyl (C=O) groups is 1. The van der Waals surface area contributed by atoms with Gasteiger partial charge in [-0.3, -0.25) is 4.79 Å². The molecule has 0 atom stereocenters. The summed E-state index contributed by atoms with van der Waals surface area (Å²) in [5.74, 6) is 0.622. The summed E-state index contributed by atoms with van der Waals surface area (Å²) in [5, 5.41) is 5.02. The van der Waals surface area contributed by atoms with Crippen LogP contribution >= 0.6 is 11.6 Å². The average Bonchev–Trinajstić information content (AvgIpc) is 3.04. The molecule has 0 radical (unpaired) electrons. The number of aromatic nitrogens is 1. The van der Waals surface area contributed by atoms with E-state index < -0.39 is 0 Å². The van der Waals surface area contributed by atoms with Gasteiger partial charge in [0.1, 0.15) is 0 Å².